The molecule has 3 aromatic rings. The van der Waals surface area contributed by atoms with Crippen LogP contribution in [0.5, 0.6) is 0 Å². The van der Waals surface area contributed by atoms with E-state index in [-0.39, 0.29) is 17.5 Å². The molecule has 0 atom stereocenters. The first-order valence-corrected chi connectivity index (χ1v) is 9.37. The van der Waals surface area contributed by atoms with Crippen LogP contribution in [0, 0.1) is 0 Å². The molecular formula is C21H22ClN5O2. The summed E-state index contributed by atoms with van der Waals surface area (Å²) in [6, 6.07) is 14.0. The minimum atomic E-state index is -0.311. The van der Waals surface area contributed by atoms with E-state index in [1.807, 2.05) is 25.1 Å². The van der Waals surface area contributed by atoms with E-state index in [4.69, 9.17) is 11.6 Å². The first kappa shape index (κ1) is 20.7. The van der Waals surface area contributed by atoms with Gasteiger partial charge in [-0.1, -0.05) is 41.9 Å². The second kappa shape index (κ2) is 8.55. The monoisotopic (exact) mass is 411 g/mol. The molecule has 0 bridgehead atoms. The van der Waals surface area contributed by atoms with E-state index < -0.39 is 0 Å². The number of carbonyl (C=O) groups is 2. The Bertz CT molecular complexity index is 1040. The van der Waals surface area contributed by atoms with Crippen molar-refractivity contribution in [2.45, 2.75) is 6.54 Å². The maximum atomic E-state index is 13.2. The number of benzene rings is 2. The molecule has 0 aliphatic carbocycles. The largest absolute Gasteiger partial charge is 0.342 e. The van der Waals surface area contributed by atoms with Crippen LogP contribution in [0.1, 0.15) is 32.4 Å². The van der Waals surface area contributed by atoms with Crippen molar-refractivity contribution in [1.29, 1.82) is 0 Å². The zero-order valence-electron chi connectivity index (χ0n) is 16.8. The molecular weight excluding hydrogens is 390 g/mol. The lowest BCUT2D eigenvalue weighted by Crippen LogP contribution is -2.23. The SMILES string of the molecule is CN(C)Cc1nc(C(=O)N(C)C)nn1-c1ccc(Cl)cc1C(=O)c1ccccc1. The van der Waals surface area contributed by atoms with Gasteiger partial charge in [0.25, 0.3) is 5.91 Å². The molecule has 29 heavy (non-hydrogen) atoms. The van der Waals surface area contributed by atoms with Crippen molar-refractivity contribution in [2.24, 2.45) is 0 Å². The topological polar surface area (TPSA) is 71.3 Å². The third-order valence-corrected chi connectivity index (χ3v) is 4.43. The first-order chi connectivity index (χ1) is 13.8. The molecule has 0 spiro atoms. The van der Waals surface area contributed by atoms with Crippen molar-refractivity contribution < 1.29 is 9.59 Å². The highest BCUT2D eigenvalue weighted by molar-refractivity contribution is 6.31. The van der Waals surface area contributed by atoms with Gasteiger partial charge in [0, 0.05) is 30.2 Å². The summed E-state index contributed by atoms with van der Waals surface area (Å²) in [6.07, 6.45) is 0. The van der Waals surface area contributed by atoms with E-state index in [0.717, 1.165) is 0 Å². The van der Waals surface area contributed by atoms with Gasteiger partial charge in [0.1, 0.15) is 5.82 Å². The summed E-state index contributed by atoms with van der Waals surface area (Å²) >= 11 is 6.19. The standard InChI is InChI=1S/C21H22ClN5O2/c1-25(2)13-18-23-20(21(29)26(3)4)24-27(18)17-11-10-15(22)12-16(17)19(28)14-8-6-5-7-9-14/h5-12H,13H2,1-4H3. The number of ketones is 1. The second-order valence-electron chi connectivity index (χ2n) is 7.06. The minimum absolute atomic E-state index is 0.0694. The highest BCUT2D eigenvalue weighted by Gasteiger charge is 2.23. The van der Waals surface area contributed by atoms with Gasteiger partial charge < -0.3 is 9.80 Å². The number of amides is 1. The molecule has 1 heterocycles. The van der Waals surface area contributed by atoms with Crippen LogP contribution in [-0.2, 0) is 6.54 Å². The van der Waals surface area contributed by atoms with Gasteiger partial charge >= 0.3 is 0 Å². The van der Waals surface area contributed by atoms with Crippen molar-refractivity contribution in [1.82, 2.24) is 24.6 Å². The average Bonchev–Trinajstić information content (AvgIpc) is 3.10. The van der Waals surface area contributed by atoms with Crippen molar-refractivity contribution in [3.8, 4) is 5.69 Å². The van der Waals surface area contributed by atoms with E-state index in [1.54, 1.807) is 61.2 Å². The van der Waals surface area contributed by atoms with Crippen LogP contribution in [0.25, 0.3) is 5.69 Å². The van der Waals surface area contributed by atoms with Crippen molar-refractivity contribution in [2.75, 3.05) is 28.2 Å². The summed E-state index contributed by atoms with van der Waals surface area (Å²) < 4.78 is 1.54. The molecule has 0 saturated carbocycles. The summed E-state index contributed by atoms with van der Waals surface area (Å²) in [7, 11) is 7.07. The number of halogens is 1. The summed E-state index contributed by atoms with van der Waals surface area (Å²) in [5.41, 5.74) is 1.44. The third kappa shape index (κ3) is 4.52. The van der Waals surface area contributed by atoms with Crippen LogP contribution in [0.15, 0.2) is 48.5 Å². The van der Waals surface area contributed by atoms with Crippen LogP contribution in [0.4, 0.5) is 0 Å². The minimum Gasteiger partial charge on any atom is -0.342 e. The first-order valence-electron chi connectivity index (χ1n) is 9.00. The van der Waals surface area contributed by atoms with E-state index in [1.165, 1.54) is 4.90 Å². The van der Waals surface area contributed by atoms with Gasteiger partial charge in [-0.2, -0.15) is 0 Å². The Hall–Kier alpha value is -3.03. The van der Waals surface area contributed by atoms with E-state index in [0.29, 0.717) is 34.2 Å². The smallest absolute Gasteiger partial charge is 0.293 e. The Morgan fingerprint density at radius 1 is 1.03 bits per heavy atom. The molecule has 0 aliphatic rings. The van der Waals surface area contributed by atoms with Crippen LogP contribution in [0.3, 0.4) is 0 Å². The van der Waals surface area contributed by atoms with Crippen molar-refractivity contribution >= 4 is 23.3 Å². The van der Waals surface area contributed by atoms with E-state index >= 15 is 0 Å². The highest BCUT2D eigenvalue weighted by Crippen LogP contribution is 2.24. The number of hydrogen-bond donors (Lipinski definition) is 0. The van der Waals surface area contributed by atoms with Gasteiger partial charge in [-0.15, -0.1) is 5.10 Å². The molecule has 150 valence electrons. The lowest BCUT2D eigenvalue weighted by atomic mass is 10.0. The van der Waals surface area contributed by atoms with Gasteiger partial charge in [0.2, 0.25) is 5.82 Å². The zero-order chi connectivity index (χ0) is 21.1. The Balaban J connectivity index is 2.17. The maximum Gasteiger partial charge on any atom is 0.293 e. The van der Waals surface area contributed by atoms with Crippen LogP contribution in [0.2, 0.25) is 5.02 Å². The van der Waals surface area contributed by atoms with Crippen molar-refractivity contribution in [3.05, 3.63) is 76.3 Å². The van der Waals surface area contributed by atoms with Gasteiger partial charge in [0.15, 0.2) is 5.78 Å². The molecule has 0 N–H and O–H groups in total. The van der Waals surface area contributed by atoms with E-state index in [2.05, 4.69) is 10.1 Å². The van der Waals surface area contributed by atoms with Crippen LogP contribution in [-0.4, -0.2) is 64.4 Å². The fourth-order valence-corrected chi connectivity index (χ4v) is 3.01. The average molecular weight is 412 g/mol. The normalized spacial score (nSPS) is 11.0. The molecule has 1 aromatic heterocycles. The number of rotatable bonds is 6. The van der Waals surface area contributed by atoms with Crippen LogP contribution < -0.4 is 0 Å². The number of aromatic nitrogens is 3. The summed E-state index contributed by atoms with van der Waals surface area (Å²) in [6.45, 7) is 0.440. The second-order valence-corrected chi connectivity index (χ2v) is 7.49. The summed E-state index contributed by atoms with van der Waals surface area (Å²) in [5.74, 6) is 0.119. The fraction of sp³-hybridized carbons (Fsp3) is 0.238. The fourth-order valence-electron chi connectivity index (χ4n) is 2.83. The third-order valence-electron chi connectivity index (χ3n) is 4.20. The molecule has 0 unspecified atom stereocenters. The molecule has 7 nitrogen and oxygen atoms in total. The molecule has 2 aromatic carbocycles. The number of hydrogen-bond acceptors (Lipinski definition) is 5. The Morgan fingerprint density at radius 3 is 2.34 bits per heavy atom. The molecule has 0 fully saturated rings. The Labute approximate surface area is 174 Å². The highest BCUT2D eigenvalue weighted by atomic mass is 35.5. The number of carbonyl (C=O) groups excluding carboxylic acids is 2. The Kier molecular flexibility index (Phi) is 6.10. The lowest BCUT2D eigenvalue weighted by Gasteiger charge is -2.14. The molecule has 3 rings (SSSR count). The summed E-state index contributed by atoms with van der Waals surface area (Å²) in [5, 5.41) is 4.85. The predicted octanol–water partition coefficient (Wildman–Crippen LogP) is 2.92. The molecule has 0 aliphatic heterocycles. The molecule has 8 heteroatoms. The van der Waals surface area contributed by atoms with Crippen LogP contribution >= 0.6 is 11.6 Å². The summed E-state index contributed by atoms with van der Waals surface area (Å²) in [4.78, 5) is 33.3. The zero-order valence-corrected chi connectivity index (χ0v) is 17.5. The van der Waals surface area contributed by atoms with Gasteiger partial charge in [-0.25, -0.2) is 9.67 Å². The number of nitrogens with zero attached hydrogens (tertiary/aromatic N) is 5. The molecule has 0 saturated heterocycles. The maximum absolute atomic E-state index is 13.2. The lowest BCUT2D eigenvalue weighted by molar-refractivity contribution is 0.0815. The Morgan fingerprint density at radius 2 is 1.72 bits per heavy atom. The quantitative estimate of drug-likeness (QED) is 0.583. The predicted molar refractivity (Wildman–Crippen MR) is 112 cm³/mol. The van der Waals surface area contributed by atoms with E-state index in [9.17, 15) is 9.59 Å². The van der Waals surface area contributed by atoms with Gasteiger partial charge in [0.05, 0.1) is 12.2 Å². The van der Waals surface area contributed by atoms with Gasteiger partial charge in [-0.05, 0) is 32.3 Å². The molecule has 0 radical (unpaired) electrons. The molecule has 1 amide bonds. The van der Waals surface area contributed by atoms with Crippen molar-refractivity contribution in [3.63, 3.8) is 0 Å². The van der Waals surface area contributed by atoms with Gasteiger partial charge in [-0.3, -0.25) is 9.59 Å².